The van der Waals surface area contributed by atoms with Gasteiger partial charge in [-0.1, -0.05) is 56.4 Å². The van der Waals surface area contributed by atoms with Gasteiger partial charge in [-0.2, -0.15) is 5.10 Å². The Labute approximate surface area is 203 Å². The zero-order valence-electron chi connectivity index (χ0n) is 20.5. The molecule has 1 aromatic carbocycles. The third-order valence-corrected chi connectivity index (χ3v) is 6.61. The van der Waals surface area contributed by atoms with E-state index < -0.39 is 0 Å². The lowest BCUT2D eigenvalue weighted by molar-refractivity contribution is -0.133. The van der Waals surface area contributed by atoms with Crippen molar-refractivity contribution >= 4 is 11.6 Å². The van der Waals surface area contributed by atoms with Gasteiger partial charge < -0.3 is 9.80 Å². The fourth-order valence-electron chi connectivity index (χ4n) is 4.46. The van der Waals surface area contributed by atoms with E-state index in [9.17, 15) is 9.18 Å². The second-order valence-electron chi connectivity index (χ2n) is 8.97. The van der Waals surface area contributed by atoms with Gasteiger partial charge in [0.05, 0.1) is 5.71 Å². The fourth-order valence-corrected chi connectivity index (χ4v) is 4.46. The lowest BCUT2D eigenvalue weighted by Gasteiger charge is -2.37. The van der Waals surface area contributed by atoms with Crippen LogP contribution in [0.2, 0.25) is 0 Å². The Hall–Kier alpha value is -3.15. The zero-order valence-corrected chi connectivity index (χ0v) is 20.5. The minimum absolute atomic E-state index is 0.0459. The normalized spacial score (nSPS) is 17.7. The number of piperazine rings is 1. The van der Waals surface area contributed by atoms with E-state index in [1.54, 1.807) is 17.1 Å². The molecular weight excluding hydrogens is 427 g/mol. The summed E-state index contributed by atoms with van der Waals surface area (Å²) in [5.74, 6) is 0.115. The Balaban J connectivity index is 1.66. The summed E-state index contributed by atoms with van der Waals surface area (Å²) in [5, 5.41) is 6.56. The average molecular weight is 465 g/mol. The van der Waals surface area contributed by atoms with Crippen LogP contribution in [-0.2, 0) is 4.79 Å². The molecule has 5 nitrogen and oxygen atoms in total. The van der Waals surface area contributed by atoms with Crippen LogP contribution in [0.5, 0.6) is 0 Å². The van der Waals surface area contributed by atoms with Gasteiger partial charge in [0.15, 0.2) is 0 Å². The van der Waals surface area contributed by atoms with E-state index in [0.29, 0.717) is 19.0 Å². The second-order valence-corrected chi connectivity index (χ2v) is 8.97. The van der Waals surface area contributed by atoms with Crippen LogP contribution in [0.3, 0.4) is 0 Å². The molecule has 0 unspecified atom stereocenters. The molecule has 1 amide bonds. The Kier molecular flexibility index (Phi) is 9.25. The molecule has 1 aromatic rings. The number of hydrazone groups is 1. The van der Waals surface area contributed by atoms with Crippen molar-refractivity contribution < 1.29 is 9.18 Å². The molecule has 1 saturated heterocycles. The predicted octanol–water partition coefficient (Wildman–Crippen LogP) is 5.35. The first-order valence-electron chi connectivity index (χ1n) is 12.2. The largest absolute Gasteiger partial charge is 0.368 e. The van der Waals surface area contributed by atoms with Crippen molar-refractivity contribution in [2.75, 3.05) is 32.7 Å². The molecule has 6 heteroatoms. The highest BCUT2D eigenvalue weighted by molar-refractivity contribution is 5.98. The first-order chi connectivity index (χ1) is 16.4. The SMILES string of the molecule is C=C(/C=C\C=C/C)N1CCN(C(=O)CN(/N=C(\C)c2ccc(F)cc2)C(=C)C2CCCC2)CC1. The minimum Gasteiger partial charge on any atom is -0.368 e. The number of halogens is 1. The molecule has 182 valence electrons. The number of nitrogens with zero attached hydrogens (tertiary/aromatic N) is 4. The molecule has 0 spiro atoms. The molecule has 0 atom stereocenters. The number of carbonyl (C=O) groups excluding carboxylic acids is 1. The van der Waals surface area contributed by atoms with Crippen LogP contribution < -0.4 is 0 Å². The number of carbonyl (C=O) groups is 1. The van der Waals surface area contributed by atoms with Gasteiger partial charge in [0.2, 0.25) is 5.91 Å². The van der Waals surface area contributed by atoms with Crippen LogP contribution in [0.1, 0.15) is 45.1 Å². The third-order valence-electron chi connectivity index (χ3n) is 6.61. The summed E-state index contributed by atoms with van der Waals surface area (Å²) in [5.41, 5.74) is 3.42. The molecule has 1 saturated carbocycles. The molecule has 0 radical (unpaired) electrons. The molecule has 1 heterocycles. The predicted molar refractivity (Wildman–Crippen MR) is 138 cm³/mol. The lowest BCUT2D eigenvalue weighted by atomic mass is 10.0. The Morgan fingerprint density at radius 3 is 2.32 bits per heavy atom. The maximum atomic E-state index is 13.3. The van der Waals surface area contributed by atoms with E-state index in [4.69, 9.17) is 5.10 Å². The summed E-state index contributed by atoms with van der Waals surface area (Å²) in [6, 6.07) is 6.28. The second kappa shape index (κ2) is 12.4. The van der Waals surface area contributed by atoms with E-state index in [2.05, 4.69) is 18.1 Å². The zero-order chi connectivity index (χ0) is 24.5. The average Bonchev–Trinajstić information content (AvgIpc) is 3.38. The van der Waals surface area contributed by atoms with E-state index in [1.807, 2.05) is 43.1 Å². The monoisotopic (exact) mass is 464 g/mol. The van der Waals surface area contributed by atoms with Gasteiger partial charge in [0.25, 0.3) is 0 Å². The summed E-state index contributed by atoms with van der Waals surface area (Å²) >= 11 is 0. The number of allylic oxidation sites excluding steroid dienone is 5. The summed E-state index contributed by atoms with van der Waals surface area (Å²) in [7, 11) is 0. The third kappa shape index (κ3) is 6.92. The van der Waals surface area contributed by atoms with E-state index >= 15 is 0 Å². The van der Waals surface area contributed by atoms with Crippen molar-refractivity contribution in [2.45, 2.75) is 39.5 Å². The highest BCUT2D eigenvalue weighted by atomic mass is 19.1. The number of rotatable bonds is 9. The Morgan fingerprint density at radius 1 is 1.09 bits per heavy atom. The standard InChI is InChI=1S/C28H37FN4O/c1-5-6-7-10-22(2)31-17-19-32(20-18-31)28(34)21-33(24(4)26-11-8-9-12-26)30-23(3)25-13-15-27(29)16-14-25/h5-7,10,13-16,26H,2,4,8-9,11-12,17-21H2,1,3H3/b6-5-,10-7-,30-23+. The lowest BCUT2D eigenvalue weighted by Crippen LogP contribution is -2.50. The highest BCUT2D eigenvalue weighted by Crippen LogP contribution is 2.32. The molecule has 0 bridgehead atoms. The molecule has 3 rings (SSSR count). The Morgan fingerprint density at radius 2 is 1.71 bits per heavy atom. The fraction of sp³-hybridized carbons (Fsp3) is 0.429. The Bertz CT molecular complexity index is 949. The van der Waals surface area contributed by atoms with Gasteiger partial charge in [-0.3, -0.25) is 9.80 Å². The van der Waals surface area contributed by atoms with Crippen molar-refractivity contribution in [2.24, 2.45) is 11.0 Å². The van der Waals surface area contributed by atoms with Crippen LogP contribution >= 0.6 is 0 Å². The van der Waals surface area contributed by atoms with Crippen molar-refractivity contribution in [1.29, 1.82) is 0 Å². The molecular formula is C28H37FN4O. The van der Waals surface area contributed by atoms with Crippen molar-refractivity contribution in [3.05, 3.63) is 84.5 Å². The number of hydrogen-bond acceptors (Lipinski definition) is 4. The number of hydrogen-bond donors (Lipinski definition) is 0. The number of amides is 1. The van der Waals surface area contributed by atoms with Crippen molar-refractivity contribution in [1.82, 2.24) is 14.8 Å². The van der Waals surface area contributed by atoms with Crippen LogP contribution in [0.4, 0.5) is 4.39 Å². The minimum atomic E-state index is -0.280. The quantitative estimate of drug-likeness (QED) is 0.281. The topological polar surface area (TPSA) is 39.1 Å². The van der Waals surface area contributed by atoms with Gasteiger partial charge in [-0.15, -0.1) is 0 Å². The summed E-state index contributed by atoms with van der Waals surface area (Å²) in [6.07, 6.45) is 12.5. The smallest absolute Gasteiger partial charge is 0.244 e. The van der Waals surface area contributed by atoms with E-state index in [1.165, 1.54) is 25.0 Å². The summed E-state index contributed by atoms with van der Waals surface area (Å²) < 4.78 is 13.3. The molecule has 0 N–H and O–H groups in total. The van der Waals surface area contributed by atoms with Gasteiger partial charge in [0, 0.05) is 43.5 Å². The van der Waals surface area contributed by atoms with Crippen LogP contribution in [0, 0.1) is 11.7 Å². The molecule has 2 aliphatic rings. The maximum absolute atomic E-state index is 13.3. The number of benzene rings is 1. The highest BCUT2D eigenvalue weighted by Gasteiger charge is 2.27. The van der Waals surface area contributed by atoms with Gasteiger partial charge in [-0.05, 0) is 50.5 Å². The summed E-state index contributed by atoms with van der Waals surface area (Å²) in [6.45, 7) is 15.3. The molecule has 0 aromatic heterocycles. The van der Waals surface area contributed by atoms with Crippen molar-refractivity contribution in [3.8, 4) is 0 Å². The van der Waals surface area contributed by atoms with Crippen LogP contribution in [0.15, 0.2) is 78.2 Å². The molecule has 1 aliphatic carbocycles. The maximum Gasteiger partial charge on any atom is 0.244 e. The van der Waals surface area contributed by atoms with E-state index in [0.717, 1.165) is 48.6 Å². The first-order valence-corrected chi connectivity index (χ1v) is 12.2. The molecule has 2 fully saturated rings. The van der Waals surface area contributed by atoms with Gasteiger partial charge >= 0.3 is 0 Å². The molecule has 1 aliphatic heterocycles. The molecule has 34 heavy (non-hydrogen) atoms. The first kappa shape index (κ1) is 25.5. The van der Waals surface area contributed by atoms with Gasteiger partial charge in [-0.25, -0.2) is 4.39 Å². The van der Waals surface area contributed by atoms with Crippen LogP contribution in [-0.4, -0.2) is 59.2 Å². The van der Waals surface area contributed by atoms with Crippen LogP contribution in [0.25, 0.3) is 0 Å². The van der Waals surface area contributed by atoms with Crippen molar-refractivity contribution in [3.63, 3.8) is 0 Å². The summed E-state index contributed by atoms with van der Waals surface area (Å²) in [4.78, 5) is 17.3. The van der Waals surface area contributed by atoms with E-state index in [-0.39, 0.29) is 18.3 Å². The van der Waals surface area contributed by atoms with Gasteiger partial charge in [0.1, 0.15) is 12.4 Å².